The lowest BCUT2D eigenvalue weighted by Crippen LogP contribution is -2.07. The van der Waals surface area contributed by atoms with Crippen LogP contribution in [0.25, 0.3) is 0 Å². The average Bonchev–Trinajstić information content (AvgIpc) is 1.90. The van der Waals surface area contributed by atoms with Crippen LogP contribution in [0.3, 0.4) is 0 Å². The second-order valence-electron chi connectivity index (χ2n) is 1.17. The zero-order valence-corrected chi connectivity index (χ0v) is 4.63. The van der Waals surface area contributed by atoms with Crippen LogP contribution >= 0.6 is 0 Å². The van der Waals surface area contributed by atoms with E-state index < -0.39 is 5.97 Å². The van der Waals surface area contributed by atoms with Crippen LogP contribution in [0.5, 0.6) is 0 Å². The summed E-state index contributed by atoms with van der Waals surface area (Å²) in [6.45, 7) is 0. The van der Waals surface area contributed by atoms with Crippen molar-refractivity contribution in [2.75, 3.05) is 0 Å². The predicted octanol–water partition coefficient (Wildman–Crippen LogP) is -0.895. The summed E-state index contributed by atoms with van der Waals surface area (Å²) in [5.41, 5.74) is 4.82. The smallest absolute Gasteiger partial charge is 0.378 e. The van der Waals surface area contributed by atoms with E-state index in [0.717, 1.165) is 12.4 Å². The number of hydrogen-bond donors (Lipinski definition) is 2. The molecular formula is C4H5BN2O2. The van der Waals surface area contributed by atoms with E-state index in [0.29, 0.717) is 0 Å². The molecule has 0 aromatic heterocycles. The van der Waals surface area contributed by atoms with Crippen molar-refractivity contribution in [3.05, 3.63) is 11.8 Å². The molecule has 0 unspecified atom stereocenters. The van der Waals surface area contributed by atoms with Crippen LogP contribution in [0.1, 0.15) is 0 Å². The Labute approximate surface area is 53.6 Å². The molecule has 0 saturated heterocycles. The second kappa shape index (κ2) is 3.71. The van der Waals surface area contributed by atoms with Gasteiger partial charge in [0.05, 0.1) is 5.57 Å². The van der Waals surface area contributed by atoms with Crippen molar-refractivity contribution < 1.29 is 9.45 Å². The molecule has 0 spiro atoms. The molecule has 0 aliphatic carbocycles. The molecule has 0 aromatic rings. The Kier molecular flexibility index (Phi) is 3.19. The Morgan fingerprint density at radius 2 is 2.33 bits per heavy atom. The van der Waals surface area contributed by atoms with Crippen molar-refractivity contribution >= 4 is 20.2 Å². The van der Waals surface area contributed by atoms with Gasteiger partial charge in [0.2, 0.25) is 0 Å². The molecule has 0 bridgehead atoms. The topological polar surface area (TPSA) is 76.2 Å². The molecule has 5 heteroatoms. The number of hydrogen-bond acceptors (Lipinski definition) is 4. The fraction of sp³-hybridized carbons (Fsp3) is 0. The third-order valence-electron chi connectivity index (χ3n) is 0.678. The first-order valence-electron chi connectivity index (χ1n) is 2.09. The molecule has 0 amide bonds. The molecule has 2 radical (unpaired) electrons. The number of rotatable bonds is 2. The predicted molar refractivity (Wildman–Crippen MR) is 32.9 cm³/mol. The van der Waals surface area contributed by atoms with Gasteiger partial charge in [0, 0.05) is 12.4 Å². The minimum atomic E-state index is -0.813. The third kappa shape index (κ3) is 1.99. The highest BCUT2D eigenvalue weighted by Crippen LogP contribution is 1.87. The van der Waals surface area contributed by atoms with E-state index in [-0.39, 0.29) is 5.57 Å². The Hall–Kier alpha value is -1.26. The molecule has 0 heterocycles. The summed E-state index contributed by atoms with van der Waals surface area (Å²) in [7, 11) is 4.47. The van der Waals surface area contributed by atoms with Gasteiger partial charge in [0.15, 0.2) is 0 Å². The average molecular weight is 124 g/mol. The van der Waals surface area contributed by atoms with Gasteiger partial charge in [-0.1, -0.05) is 0 Å². The highest BCUT2D eigenvalue weighted by Gasteiger charge is 2.02. The molecule has 0 rings (SSSR count). The Morgan fingerprint density at radius 1 is 1.78 bits per heavy atom. The zero-order valence-electron chi connectivity index (χ0n) is 4.63. The van der Waals surface area contributed by atoms with Crippen LogP contribution in [0, 0.1) is 5.41 Å². The van der Waals surface area contributed by atoms with E-state index in [1.807, 2.05) is 0 Å². The van der Waals surface area contributed by atoms with Gasteiger partial charge in [-0.3, -0.25) is 0 Å². The van der Waals surface area contributed by atoms with Crippen LogP contribution in [-0.4, -0.2) is 20.2 Å². The molecule has 0 fully saturated rings. The maximum Gasteiger partial charge on any atom is 0.378 e. The maximum absolute atomic E-state index is 10.3. The number of carbonyl (C=O) groups is 1. The Bertz CT molecular complexity index is 155. The first-order valence-corrected chi connectivity index (χ1v) is 2.09. The number of carbonyl (C=O) groups excluding carboxylic acids is 1. The highest BCUT2D eigenvalue weighted by molar-refractivity contribution is 6.16. The fourth-order valence-electron chi connectivity index (χ4n) is 0.243. The van der Waals surface area contributed by atoms with Crippen molar-refractivity contribution in [3.8, 4) is 0 Å². The van der Waals surface area contributed by atoms with Crippen LogP contribution in [0.2, 0.25) is 0 Å². The van der Waals surface area contributed by atoms with E-state index in [2.05, 4.69) is 12.7 Å². The summed E-state index contributed by atoms with van der Waals surface area (Å²) in [5, 5.41) is 6.56. The lowest BCUT2D eigenvalue weighted by Gasteiger charge is -1.94. The molecule has 46 valence electrons. The minimum Gasteiger partial charge on any atom is -0.540 e. The van der Waals surface area contributed by atoms with Gasteiger partial charge < -0.3 is 15.8 Å². The molecule has 0 atom stereocenters. The summed E-state index contributed by atoms with van der Waals surface area (Å²) < 4.78 is 3.76. The van der Waals surface area contributed by atoms with Crippen LogP contribution in [0.15, 0.2) is 11.8 Å². The summed E-state index contributed by atoms with van der Waals surface area (Å²) >= 11 is 0. The molecule has 0 aromatic carbocycles. The van der Waals surface area contributed by atoms with Gasteiger partial charge in [-0.15, -0.1) is 0 Å². The lowest BCUT2D eigenvalue weighted by atomic mass is 10.3. The normalized spacial score (nSPS) is 10.4. The Balaban J connectivity index is 4.14. The maximum atomic E-state index is 10.3. The van der Waals surface area contributed by atoms with Gasteiger partial charge >= 0.3 is 14.0 Å². The molecular weight excluding hydrogens is 119 g/mol. The van der Waals surface area contributed by atoms with E-state index in [9.17, 15) is 4.79 Å². The first-order chi connectivity index (χ1) is 4.26. The molecule has 0 saturated carbocycles. The molecule has 0 aliphatic heterocycles. The van der Waals surface area contributed by atoms with E-state index >= 15 is 0 Å². The monoisotopic (exact) mass is 124 g/mol. The summed E-state index contributed by atoms with van der Waals surface area (Å²) in [4.78, 5) is 10.3. The van der Waals surface area contributed by atoms with Gasteiger partial charge in [0.25, 0.3) is 0 Å². The quantitative estimate of drug-likeness (QED) is 0.284. The SMILES string of the molecule is [B]OC(=O)/C(C=N)=C/N. The van der Waals surface area contributed by atoms with Crippen LogP contribution in [0.4, 0.5) is 0 Å². The van der Waals surface area contributed by atoms with Crippen molar-refractivity contribution in [1.82, 2.24) is 0 Å². The second-order valence-corrected chi connectivity index (χ2v) is 1.17. The van der Waals surface area contributed by atoms with Gasteiger partial charge in [-0.2, -0.15) is 0 Å². The fourth-order valence-corrected chi connectivity index (χ4v) is 0.243. The van der Waals surface area contributed by atoms with E-state index in [1.54, 1.807) is 0 Å². The van der Waals surface area contributed by atoms with Crippen molar-refractivity contribution in [2.45, 2.75) is 0 Å². The largest absolute Gasteiger partial charge is 0.540 e. The minimum absolute atomic E-state index is 0.0718. The van der Waals surface area contributed by atoms with Gasteiger partial charge in [0.1, 0.15) is 0 Å². The van der Waals surface area contributed by atoms with Gasteiger partial charge in [-0.25, -0.2) is 4.79 Å². The van der Waals surface area contributed by atoms with E-state index in [1.165, 1.54) is 0 Å². The van der Waals surface area contributed by atoms with Crippen molar-refractivity contribution in [1.29, 1.82) is 5.41 Å². The first kappa shape index (κ1) is 7.74. The molecule has 3 N–H and O–H groups in total. The third-order valence-corrected chi connectivity index (χ3v) is 0.678. The Morgan fingerprint density at radius 3 is 2.44 bits per heavy atom. The van der Waals surface area contributed by atoms with Crippen LogP contribution < -0.4 is 5.73 Å². The lowest BCUT2D eigenvalue weighted by molar-refractivity contribution is -0.129. The zero-order chi connectivity index (χ0) is 7.28. The van der Waals surface area contributed by atoms with Gasteiger partial charge in [-0.05, 0) is 0 Å². The molecule has 4 nitrogen and oxygen atoms in total. The number of nitrogens with one attached hydrogen (secondary N) is 1. The molecule has 9 heavy (non-hydrogen) atoms. The number of nitrogens with two attached hydrogens (primary N) is 1. The summed E-state index contributed by atoms with van der Waals surface area (Å²) in [6.07, 6.45) is 1.71. The summed E-state index contributed by atoms with van der Waals surface area (Å²) in [6, 6.07) is 0. The standard InChI is InChI=1S/C4H5BN2O2/c5-9-4(8)3(1-6)2-7/h1-2,6H,7H2/b3-2+,6-1?. The summed E-state index contributed by atoms with van der Waals surface area (Å²) in [5.74, 6) is -0.813. The van der Waals surface area contributed by atoms with Crippen molar-refractivity contribution in [2.24, 2.45) is 5.73 Å². The van der Waals surface area contributed by atoms with Crippen molar-refractivity contribution in [3.63, 3.8) is 0 Å². The highest BCUT2D eigenvalue weighted by atomic mass is 16.5. The van der Waals surface area contributed by atoms with E-state index in [4.69, 9.17) is 11.1 Å². The van der Waals surface area contributed by atoms with Crippen LogP contribution in [-0.2, 0) is 9.45 Å². The molecule has 0 aliphatic rings.